The first-order chi connectivity index (χ1) is 6.57. The molecule has 0 spiro atoms. The van der Waals surface area contributed by atoms with Crippen molar-refractivity contribution in [2.75, 3.05) is 0 Å². The molecule has 0 saturated heterocycles. The molecule has 0 bridgehead atoms. The zero-order valence-electron chi connectivity index (χ0n) is 8.07. The fraction of sp³-hybridized carbons (Fsp3) is 0.100. The van der Waals surface area contributed by atoms with E-state index in [9.17, 15) is 0 Å². The molecule has 0 saturated carbocycles. The molecule has 1 aromatic carbocycles. The lowest BCUT2D eigenvalue weighted by Gasteiger charge is -2.09. The van der Waals surface area contributed by atoms with E-state index in [0.29, 0.717) is 11.2 Å². The lowest BCUT2D eigenvalue weighted by Crippen LogP contribution is -2.30. The van der Waals surface area contributed by atoms with Gasteiger partial charge in [0.15, 0.2) is 0 Å². The zero-order valence-corrected chi connectivity index (χ0v) is 8.07. The van der Waals surface area contributed by atoms with Crippen molar-refractivity contribution in [1.29, 1.82) is 0 Å². The van der Waals surface area contributed by atoms with Gasteiger partial charge < -0.3 is 10.0 Å². The maximum absolute atomic E-state index is 9.08. The maximum atomic E-state index is 9.08. The number of aliphatic imine (C=N–C) groups is 1. The van der Waals surface area contributed by atoms with E-state index < -0.39 is 7.12 Å². The van der Waals surface area contributed by atoms with E-state index in [1.165, 1.54) is 0 Å². The van der Waals surface area contributed by atoms with E-state index in [1.807, 2.05) is 13.0 Å². The van der Waals surface area contributed by atoms with E-state index in [0.717, 1.165) is 11.1 Å². The molecule has 0 aromatic heterocycles. The van der Waals surface area contributed by atoms with Gasteiger partial charge in [-0.1, -0.05) is 24.8 Å². The second-order valence-corrected chi connectivity index (χ2v) is 3.06. The normalized spacial score (nSPS) is 9.64. The first-order valence-electron chi connectivity index (χ1n) is 4.19. The predicted molar refractivity (Wildman–Crippen MR) is 60.2 cm³/mol. The van der Waals surface area contributed by atoms with Gasteiger partial charge in [-0.05, 0) is 19.2 Å². The molecule has 72 valence electrons. The van der Waals surface area contributed by atoms with Crippen LogP contribution in [-0.2, 0) is 0 Å². The summed E-state index contributed by atoms with van der Waals surface area (Å²) >= 11 is 0. The quantitative estimate of drug-likeness (QED) is 0.544. The fourth-order valence-corrected chi connectivity index (χ4v) is 1.29. The van der Waals surface area contributed by atoms with Crippen LogP contribution in [0.5, 0.6) is 0 Å². The van der Waals surface area contributed by atoms with E-state index in [4.69, 9.17) is 10.0 Å². The van der Waals surface area contributed by atoms with Crippen LogP contribution in [0, 0.1) is 0 Å². The Morgan fingerprint density at radius 3 is 2.50 bits per heavy atom. The fourth-order valence-electron chi connectivity index (χ4n) is 1.29. The number of benzene rings is 1. The van der Waals surface area contributed by atoms with E-state index >= 15 is 0 Å². The van der Waals surface area contributed by atoms with Crippen molar-refractivity contribution in [3.05, 3.63) is 30.3 Å². The summed E-state index contributed by atoms with van der Waals surface area (Å²) in [6, 6.07) is 5.15. The van der Waals surface area contributed by atoms with Crippen LogP contribution in [-0.4, -0.2) is 23.9 Å². The lowest BCUT2D eigenvalue weighted by atomic mass is 9.77. The molecule has 4 heteroatoms. The van der Waals surface area contributed by atoms with Crippen molar-refractivity contribution in [3.8, 4) is 0 Å². The summed E-state index contributed by atoms with van der Waals surface area (Å²) in [7, 11) is -1.53. The molecular formula is C10H12BNO2. The SMILES string of the molecule is C=Nc1c(B(O)O)cccc1C(=C)C. The number of para-hydroxylation sites is 1. The van der Waals surface area contributed by atoms with E-state index in [-0.39, 0.29) is 0 Å². The molecule has 0 unspecified atom stereocenters. The minimum atomic E-state index is -1.53. The summed E-state index contributed by atoms with van der Waals surface area (Å²) in [6.45, 7) is 9.02. The summed E-state index contributed by atoms with van der Waals surface area (Å²) in [5.41, 5.74) is 2.43. The van der Waals surface area contributed by atoms with E-state index in [2.05, 4.69) is 18.3 Å². The summed E-state index contributed by atoms with van der Waals surface area (Å²) in [4.78, 5) is 3.78. The van der Waals surface area contributed by atoms with Gasteiger partial charge in [0.2, 0.25) is 0 Å². The van der Waals surface area contributed by atoms with Gasteiger partial charge in [-0.2, -0.15) is 0 Å². The number of hydrogen-bond donors (Lipinski definition) is 2. The maximum Gasteiger partial charge on any atom is 0.490 e. The Hall–Kier alpha value is -1.39. The average Bonchev–Trinajstić information content (AvgIpc) is 2.16. The van der Waals surface area contributed by atoms with Gasteiger partial charge in [0, 0.05) is 11.0 Å². The summed E-state index contributed by atoms with van der Waals surface area (Å²) in [5, 5.41) is 18.2. The average molecular weight is 189 g/mol. The first-order valence-corrected chi connectivity index (χ1v) is 4.19. The Bertz CT molecular complexity index is 374. The molecular weight excluding hydrogens is 177 g/mol. The van der Waals surface area contributed by atoms with Gasteiger partial charge in [0.1, 0.15) is 0 Å². The molecule has 2 N–H and O–H groups in total. The first kappa shape index (κ1) is 10.7. The van der Waals surface area contributed by atoms with Crippen molar-refractivity contribution in [2.45, 2.75) is 6.92 Å². The third-order valence-electron chi connectivity index (χ3n) is 1.96. The van der Waals surface area contributed by atoms with Gasteiger partial charge in [0.25, 0.3) is 0 Å². The second kappa shape index (κ2) is 4.22. The summed E-state index contributed by atoms with van der Waals surface area (Å²) < 4.78 is 0. The highest BCUT2D eigenvalue weighted by atomic mass is 16.4. The Morgan fingerprint density at radius 2 is 2.07 bits per heavy atom. The molecule has 0 aliphatic heterocycles. The smallest absolute Gasteiger partial charge is 0.423 e. The van der Waals surface area contributed by atoms with Crippen LogP contribution in [0.2, 0.25) is 0 Å². The highest BCUT2D eigenvalue weighted by Gasteiger charge is 2.17. The third-order valence-corrected chi connectivity index (χ3v) is 1.96. The van der Waals surface area contributed by atoms with Gasteiger partial charge in [-0.15, -0.1) is 0 Å². The molecule has 1 aromatic rings. The number of nitrogens with zero attached hydrogens (tertiary/aromatic N) is 1. The van der Waals surface area contributed by atoms with Crippen molar-refractivity contribution >= 4 is 30.6 Å². The largest absolute Gasteiger partial charge is 0.490 e. The van der Waals surface area contributed by atoms with Crippen molar-refractivity contribution in [3.63, 3.8) is 0 Å². The van der Waals surface area contributed by atoms with Crippen LogP contribution >= 0.6 is 0 Å². The minimum absolute atomic E-state index is 0.348. The Kier molecular flexibility index (Phi) is 3.22. The van der Waals surface area contributed by atoms with Crippen molar-refractivity contribution in [1.82, 2.24) is 0 Å². The lowest BCUT2D eigenvalue weighted by molar-refractivity contribution is 0.426. The standard InChI is InChI=1S/C10H12BNO2/c1-7(2)8-5-4-6-9(11(13)14)10(8)12-3/h4-6,13-14H,1,3H2,2H3. The van der Waals surface area contributed by atoms with E-state index in [1.54, 1.807) is 12.1 Å². The van der Waals surface area contributed by atoms with Gasteiger partial charge in [-0.25, -0.2) is 0 Å². The van der Waals surface area contributed by atoms with Gasteiger partial charge in [0.05, 0.1) is 5.69 Å². The molecule has 0 atom stereocenters. The molecule has 0 fully saturated rings. The molecule has 0 radical (unpaired) electrons. The highest BCUT2D eigenvalue weighted by molar-refractivity contribution is 6.60. The topological polar surface area (TPSA) is 52.8 Å². The summed E-state index contributed by atoms with van der Waals surface area (Å²) in [5.74, 6) is 0. The number of allylic oxidation sites excluding steroid dienone is 1. The van der Waals surface area contributed by atoms with Crippen LogP contribution in [0.25, 0.3) is 5.57 Å². The Balaban J connectivity index is 3.39. The monoisotopic (exact) mass is 189 g/mol. The highest BCUT2D eigenvalue weighted by Crippen LogP contribution is 2.22. The molecule has 0 heterocycles. The van der Waals surface area contributed by atoms with Crippen LogP contribution in [0.15, 0.2) is 29.8 Å². The molecule has 0 amide bonds. The Labute approximate surface area is 83.6 Å². The van der Waals surface area contributed by atoms with Crippen LogP contribution in [0.3, 0.4) is 0 Å². The molecule has 3 nitrogen and oxygen atoms in total. The molecule has 0 aliphatic rings. The van der Waals surface area contributed by atoms with Crippen LogP contribution < -0.4 is 5.46 Å². The third kappa shape index (κ3) is 1.92. The minimum Gasteiger partial charge on any atom is -0.423 e. The summed E-state index contributed by atoms with van der Waals surface area (Å²) in [6.07, 6.45) is 0. The van der Waals surface area contributed by atoms with Crippen molar-refractivity contribution in [2.24, 2.45) is 4.99 Å². The number of hydrogen-bond acceptors (Lipinski definition) is 3. The van der Waals surface area contributed by atoms with Crippen LogP contribution in [0.1, 0.15) is 12.5 Å². The molecule has 1 rings (SSSR count). The second-order valence-electron chi connectivity index (χ2n) is 3.06. The zero-order chi connectivity index (χ0) is 10.7. The molecule has 0 aliphatic carbocycles. The predicted octanol–water partition coefficient (Wildman–Crippen LogP) is 0.732. The van der Waals surface area contributed by atoms with Gasteiger partial charge in [-0.3, -0.25) is 4.99 Å². The van der Waals surface area contributed by atoms with Gasteiger partial charge >= 0.3 is 7.12 Å². The Morgan fingerprint density at radius 1 is 1.43 bits per heavy atom. The molecule has 14 heavy (non-hydrogen) atoms. The van der Waals surface area contributed by atoms with Crippen LogP contribution in [0.4, 0.5) is 5.69 Å². The number of rotatable bonds is 3. The van der Waals surface area contributed by atoms with Crippen molar-refractivity contribution < 1.29 is 10.0 Å².